The number of hydrogen-bond acceptors (Lipinski definition) is 3. The number of aliphatic hydroxyl groups is 1. The van der Waals surface area contributed by atoms with Gasteiger partial charge in [0.2, 0.25) is 0 Å². The summed E-state index contributed by atoms with van der Waals surface area (Å²) in [6, 6.07) is 0. The molecule has 0 amide bonds. The minimum atomic E-state index is 0.108. The fraction of sp³-hybridized carbons (Fsp3) is 0.886. The molecule has 0 aromatic heterocycles. The van der Waals surface area contributed by atoms with Gasteiger partial charge in [-0.2, -0.15) is 0 Å². The summed E-state index contributed by atoms with van der Waals surface area (Å²) >= 11 is 0. The second-order valence-corrected chi connectivity index (χ2v) is 12.2. The number of nitrogens with zero attached hydrogens (tertiary/aromatic N) is 1. The summed E-state index contributed by atoms with van der Waals surface area (Å²) in [5.74, 6) is 0. The summed E-state index contributed by atoms with van der Waals surface area (Å²) < 4.78 is 13.1. The molecule has 0 aliphatic rings. The van der Waals surface area contributed by atoms with Crippen LogP contribution in [-0.2, 0) is 9.47 Å². The first-order chi connectivity index (χ1) is 19.1. The zero-order valence-electron chi connectivity index (χ0n) is 27.0. The summed E-state index contributed by atoms with van der Waals surface area (Å²) in [4.78, 5) is 0. The van der Waals surface area contributed by atoms with Crippen LogP contribution in [0.4, 0.5) is 0 Å². The van der Waals surface area contributed by atoms with E-state index in [4.69, 9.17) is 9.47 Å². The molecule has 232 valence electrons. The summed E-state index contributed by atoms with van der Waals surface area (Å²) in [7, 11) is 4.35. The zero-order valence-corrected chi connectivity index (χ0v) is 27.0. The van der Waals surface area contributed by atoms with Crippen LogP contribution in [0.25, 0.3) is 0 Å². The van der Waals surface area contributed by atoms with Crippen LogP contribution < -0.4 is 0 Å². The lowest BCUT2D eigenvalue weighted by Gasteiger charge is -2.32. The Morgan fingerprint density at radius 2 is 1.03 bits per heavy atom. The first-order valence-corrected chi connectivity index (χ1v) is 17.0. The molecule has 1 atom stereocenters. The molecule has 0 fully saturated rings. The average molecular weight is 553 g/mol. The predicted octanol–water partition coefficient (Wildman–Crippen LogP) is 9.41. The monoisotopic (exact) mass is 553 g/mol. The number of quaternary nitrogens is 1. The molecule has 0 saturated heterocycles. The first kappa shape index (κ1) is 38.3. The Labute approximate surface area is 245 Å². The quantitative estimate of drug-likeness (QED) is 0.0529. The lowest BCUT2D eigenvalue weighted by molar-refractivity contribution is -0.893. The molecule has 0 aliphatic heterocycles. The number of unbranched alkanes of at least 4 members (excludes halogenated alkanes) is 16. The third-order valence-corrected chi connectivity index (χ3v) is 7.52. The van der Waals surface area contributed by atoms with Crippen LogP contribution >= 0.6 is 0 Å². The van der Waals surface area contributed by atoms with E-state index in [0.717, 1.165) is 43.6 Å². The van der Waals surface area contributed by atoms with Crippen LogP contribution in [-0.4, -0.2) is 69.3 Å². The van der Waals surface area contributed by atoms with Gasteiger partial charge in [0.25, 0.3) is 0 Å². The van der Waals surface area contributed by atoms with Gasteiger partial charge in [-0.3, -0.25) is 0 Å². The predicted molar refractivity (Wildman–Crippen MR) is 171 cm³/mol. The van der Waals surface area contributed by atoms with E-state index in [-0.39, 0.29) is 12.7 Å². The molecule has 1 unspecified atom stereocenters. The van der Waals surface area contributed by atoms with Crippen molar-refractivity contribution >= 4 is 0 Å². The zero-order chi connectivity index (χ0) is 28.7. The minimum absolute atomic E-state index is 0.108. The number of hydrogen-bond donors (Lipinski definition) is 1. The van der Waals surface area contributed by atoms with Gasteiger partial charge in [-0.1, -0.05) is 115 Å². The average Bonchev–Trinajstić information content (AvgIpc) is 2.91. The number of likely N-dealkylation sites (N-methyl/N-ethyl adjacent to an activating group) is 1. The number of aliphatic hydroxyl groups excluding tert-OH is 1. The van der Waals surface area contributed by atoms with Gasteiger partial charge in [0, 0.05) is 13.2 Å². The Morgan fingerprint density at radius 3 is 1.51 bits per heavy atom. The summed E-state index contributed by atoms with van der Waals surface area (Å²) in [5, 5.41) is 9.43. The van der Waals surface area contributed by atoms with Gasteiger partial charge in [0.15, 0.2) is 0 Å². The third-order valence-electron chi connectivity index (χ3n) is 7.52. The van der Waals surface area contributed by atoms with Gasteiger partial charge < -0.3 is 19.1 Å². The molecule has 0 saturated carbocycles. The van der Waals surface area contributed by atoms with Crippen molar-refractivity contribution in [2.45, 2.75) is 148 Å². The molecular weight excluding hydrogens is 482 g/mol. The van der Waals surface area contributed by atoms with Crippen molar-refractivity contribution in [1.29, 1.82) is 0 Å². The van der Waals surface area contributed by atoms with Gasteiger partial charge in [0.1, 0.15) is 19.2 Å². The normalized spacial score (nSPS) is 13.3. The Kier molecular flexibility index (Phi) is 29.8. The van der Waals surface area contributed by atoms with Crippen LogP contribution in [0.15, 0.2) is 24.3 Å². The molecule has 39 heavy (non-hydrogen) atoms. The minimum Gasteiger partial charge on any atom is -0.391 e. The van der Waals surface area contributed by atoms with E-state index < -0.39 is 0 Å². The van der Waals surface area contributed by atoms with Gasteiger partial charge in [-0.15, -0.1) is 0 Å². The van der Waals surface area contributed by atoms with E-state index in [2.05, 4.69) is 52.2 Å². The van der Waals surface area contributed by atoms with E-state index in [0.29, 0.717) is 6.61 Å². The van der Waals surface area contributed by atoms with Crippen molar-refractivity contribution in [3.8, 4) is 0 Å². The topological polar surface area (TPSA) is 38.7 Å². The van der Waals surface area contributed by atoms with Gasteiger partial charge >= 0.3 is 0 Å². The smallest absolute Gasteiger partial charge is 0.130 e. The number of rotatable bonds is 31. The van der Waals surface area contributed by atoms with Crippen LogP contribution in [0.5, 0.6) is 0 Å². The van der Waals surface area contributed by atoms with Crippen molar-refractivity contribution < 1.29 is 19.1 Å². The van der Waals surface area contributed by atoms with Crippen LogP contribution in [0.1, 0.15) is 142 Å². The SMILES string of the molecule is CCCCC=CCCCCCCCCOCC(C[N+](C)(C)CCO)OCCCCCCCCC=CCCCC. The lowest BCUT2D eigenvalue weighted by atomic mass is 10.1. The lowest BCUT2D eigenvalue weighted by Crippen LogP contribution is -2.49. The van der Waals surface area contributed by atoms with Crippen molar-refractivity contribution in [3.63, 3.8) is 0 Å². The molecular formula is C35H70NO3+. The van der Waals surface area contributed by atoms with Crippen molar-refractivity contribution in [3.05, 3.63) is 24.3 Å². The number of allylic oxidation sites excluding steroid dienone is 4. The van der Waals surface area contributed by atoms with E-state index in [9.17, 15) is 5.11 Å². The second-order valence-electron chi connectivity index (χ2n) is 12.2. The van der Waals surface area contributed by atoms with Crippen LogP contribution in [0, 0.1) is 0 Å². The summed E-state index contributed by atoms with van der Waals surface area (Å²) in [5.41, 5.74) is 0. The molecule has 0 aliphatic carbocycles. The van der Waals surface area contributed by atoms with Crippen molar-refractivity contribution in [2.75, 3.05) is 53.6 Å². The van der Waals surface area contributed by atoms with Crippen LogP contribution in [0.3, 0.4) is 0 Å². The Hall–Kier alpha value is -0.680. The maximum absolute atomic E-state index is 9.43. The van der Waals surface area contributed by atoms with Gasteiger partial charge in [-0.05, 0) is 51.4 Å². The van der Waals surface area contributed by atoms with Crippen LogP contribution in [0.2, 0.25) is 0 Å². The second kappa shape index (κ2) is 30.3. The Balaban J connectivity index is 3.88. The molecule has 0 rings (SSSR count). The maximum atomic E-state index is 9.43. The van der Waals surface area contributed by atoms with E-state index >= 15 is 0 Å². The standard InChI is InChI=1S/C35H70NO3/c1-5-7-9-11-13-15-17-19-21-23-25-27-31-38-34-35(33-36(3,4)29-30-37)39-32-28-26-24-22-20-18-16-14-12-10-8-6-2/h11-14,35,37H,5-10,15-34H2,1-4H3/q+1. The third kappa shape index (κ3) is 30.1. The highest BCUT2D eigenvalue weighted by Gasteiger charge is 2.22. The van der Waals surface area contributed by atoms with Gasteiger partial charge in [0.05, 0.1) is 27.3 Å². The van der Waals surface area contributed by atoms with Crippen molar-refractivity contribution in [2.24, 2.45) is 0 Å². The largest absolute Gasteiger partial charge is 0.391 e. The molecule has 1 N–H and O–H groups in total. The fourth-order valence-corrected chi connectivity index (χ4v) is 4.89. The Morgan fingerprint density at radius 1 is 0.590 bits per heavy atom. The van der Waals surface area contributed by atoms with E-state index in [1.165, 1.54) is 116 Å². The maximum Gasteiger partial charge on any atom is 0.130 e. The highest BCUT2D eigenvalue weighted by atomic mass is 16.5. The highest BCUT2D eigenvalue weighted by Crippen LogP contribution is 2.11. The fourth-order valence-electron chi connectivity index (χ4n) is 4.89. The molecule has 0 aromatic rings. The molecule has 0 bridgehead atoms. The molecule has 4 nitrogen and oxygen atoms in total. The molecule has 0 aromatic carbocycles. The molecule has 0 spiro atoms. The molecule has 0 radical (unpaired) electrons. The Bertz CT molecular complexity index is 532. The first-order valence-electron chi connectivity index (χ1n) is 17.0. The number of ether oxygens (including phenoxy) is 2. The summed E-state index contributed by atoms with van der Waals surface area (Å²) in [6.45, 7) is 8.69. The van der Waals surface area contributed by atoms with Crippen molar-refractivity contribution in [1.82, 2.24) is 0 Å². The highest BCUT2D eigenvalue weighted by molar-refractivity contribution is 4.81. The summed E-state index contributed by atoms with van der Waals surface area (Å²) in [6.07, 6.45) is 35.2. The molecule has 4 heteroatoms. The van der Waals surface area contributed by atoms with E-state index in [1.54, 1.807) is 0 Å². The molecule has 0 heterocycles. The van der Waals surface area contributed by atoms with Gasteiger partial charge in [-0.25, -0.2) is 0 Å². The van der Waals surface area contributed by atoms with E-state index in [1.807, 2.05) is 0 Å².